The van der Waals surface area contributed by atoms with Crippen LogP contribution in [-0.2, 0) is 16.6 Å². The van der Waals surface area contributed by atoms with E-state index in [1.54, 1.807) is 28.6 Å². The van der Waals surface area contributed by atoms with E-state index in [0.29, 0.717) is 32.0 Å². The molecule has 0 unspecified atom stereocenters. The van der Waals surface area contributed by atoms with Crippen molar-refractivity contribution in [1.29, 1.82) is 0 Å². The lowest BCUT2D eigenvalue weighted by molar-refractivity contribution is 0.207. The predicted molar refractivity (Wildman–Crippen MR) is 106 cm³/mol. The first-order valence-electron chi connectivity index (χ1n) is 8.91. The fourth-order valence-corrected chi connectivity index (χ4v) is 5.84. The van der Waals surface area contributed by atoms with E-state index >= 15 is 0 Å². The maximum absolute atomic E-state index is 13.1. The standard InChI is InChI=1S/C17H17N7O3S2/c25-17(18-4-16-19-9-21-22-16)23-5-11-7-24(8-12(11)6-23)29(26,27)13-1-2-14-15(3-13)28-10-20-14/h1-3,9-10H,4-8H2,(H,18,25)(H,19,21,22). The van der Waals surface area contributed by atoms with Gasteiger partial charge in [0.05, 0.1) is 27.2 Å². The molecule has 29 heavy (non-hydrogen) atoms. The molecule has 0 spiro atoms. The second-order valence-electron chi connectivity index (χ2n) is 6.91. The Morgan fingerprint density at radius 1 is 1.17 bits per heavy atom. The number of benzene rings is 1. The number of amides is 2. The molecule has 4 heterocycles. The fraction of sp³-hybridized carbons (Fsp3) is 0.294. The number of carbonyl (C=O) groups excluding carboxylic acids is 1. The third kappa shape index (κ3) is 3.28. The summed E-state index contributed by atoms with van der Waals surface area (Å²) >= 11 is 1.42. The summed E-state index contributed by atoms with van der Waals surface area (Å²) in [5.41, 5.74) is 4.47. The van der Waals surface area contributed by atoms with Crippen LogP contribution in [0.4, 0.5) is 4.79 Å². The number of hydrogen-bond acceptors (Lipinski definition) is 7. The molecule has 10 nitrogen and oxygen atoms in total. The van der Waals surface area contributed by atoms with E-state index in [1.165, 1.54) is 22.0 Å². The Morgan fingerprint density at radius 2 is 1.97 bits per heavy atom. The molecule has 0 saturated carbocycles. The minimum absolute atomic E-state index is 0.208. The summed E-state index contributed by atoms with van der Waals surface area (Å²) in [5, 5.41) is 9.22. The van der Waals surface area contributed by atoms with E-state index in [-0.39, 0.29) is 17.5 Å². The summed E-state index contributed by atoms with van der Waals surface area (Å²) < 4.78 is 28.4. The third-order valence-corrected chi connectivity index (χ3v) is 7.68. The molecule has 0 saturated heterocycles. The van der Waals surface area contributed by atoms with E-state index < -0.39 is 10.0 Å². The molecule has 0 fully saturated rings. The van der Waals surface area contributed by atoms with Gasteiger partial charge in [-0.25, -0.2) is 23.2 Å². The molecule has 5 rings (SSSR count). The van der Waals surface area contributed by atoms with Crippen molar-refractivity contribution >= 4 is 37.6 Å². The number of thiazole rings is 1. The quantitative estimate of drug-likeness (QED) is 0.593. The van der Waals surface area contributed by atoms with Gasteiger partial charge in [0.15, 0.2) is 0 Å². The molecule has 0 bridgehead atoms. The molecule has 2 aliphatic rings. The summed E-state index contributed by atoms with van der Waals surface area (Å²) in [6.07, 6.45) is 1.38. The zero-order valence-electron chi connectivity index (χ0n) is 15.2. The summed E-state index contributed by atoms with van der Waals surface area (Å²) in [6.45, 7) is 1.74. The van der Waals surface area contributed by atoms with Crippen LogP contribution in [0.1, 0.15) is 5.82 Å². The number of nitrogens with zero attached hydrogens (tertiary/aromatic N) is 5. The van der Waals surface area contributed by atoms with E-state index in [4.69, 9.17) is 0 Å². The molecule has 0 radical (unpaired) electrons. The lowest BCUT2D eigenvalue weighted by Gasteiger charge is -2.23. The van der Waals surface area contributed by atoms with Crippen molar-refractivity contribution in [2.45, 2.75) is 11.4 Å². The Kier molecular flexibility index (Phi) is 4.33. The van der Waals surface area contributed by atoms with E-state index in [9.17, 15) is 13.2 Å². The zero-order chi connectivity index (χ0) is 20.0. The van der Waals surface area contributed by atoms with E-state index in [2.05, 4.69) is 25.5 Å². The molecule has 1 aromatic carbocycles. The Morgan fingerprint density at radius 3 is 2.69 bits per heavy atom. The number of carbonyl (C=O) groups is 1. The first-order valence-corrected chi connectivity index (χ1v) is 11.2. The topological polar surface area (TPSA) is 124 Å². The fourth-order valence-electron chi connectivity index (χ4n) is 3.59. The number of aromatic amines is 1. The largest absolute Gasteiger partial charge is 0.331 e. The van der Waals surface area contributed by atoms with Gasteiger partial charge < -0.3 is 10.2 Å². The van der Waals surface area contributed by atoms with Crippen LogP contribution in [0.15, 0.2) is 46.1 Å². The molecule has 3 aromatic rings. The summed E-state index contributed by atoms with van der Waals surface area (Å²) in [5.74, 6) is 0.577. The van der Waals surface area contributed by atoms with Crippen LogP contribution >= 0.6 is 11.3 Å². The number of rotatable bonds is 4. The highest BCUT2D eigenvalue weighted by Crippen LogP contribution is 2.31. The van der Waals surface area contributed by atoms with Gasteiger partial charge in [0, 0.05) is 26.2 Å². The van der Waals surface area contributed by atoms with E-state index in [0.717, 1.165) is 21.4 Å². The van der Waals surface area contributed by atoms with Gasteiger partial charge in [0.1, 0.15) is 12.2 Å². The Hall–Kier alpha value is -2.83. The normalized spacial score (nSPS) is 17.3. The molecule has 150 valence electrons. The first kappa shape index (κ1) is 18.2. The lowest BCUT2D eigenvalue weighted by atomic mass is 10.2. The summed E-state index contributed by atoms with van der Waals surface area (Å²) in [6, 6.07) is 4.80. The first-order chi connectivity index (χ1) is 14.0. The summed E-state index contributed by atoms with van der Waals surface area (Å²) in [7, 11) is -3.60. The number of fused-ring (bicyclic) bond motifs is 1. The molecule has 2 aromatic heterocycles. The van der Waals surface area contributed by atoms with Crippen molar-refractivity contribution in [2.24, 2.45) is 0 Å². The van der Waals surface area contributed by atoms with Crippen LogP contribution in [0.5, 0.6) is 0 Å². The number of aromatic nitrogens is 4. The van der Waals surface area contributed by atoms with Gasteiger partial charge in [-0.3, -0.25) is 5.10 Å². The highest BCUT2D eigenvalue weighted by Gasteiger charge is 2.37. The third-order valence-electron chi connectivity index (χ3n) is 5.10. The van der Waals surface area contributed by atoms with Crippen molar-refractivity contribution in [3.8, 4) is 0 Å². The second-order valence-corrected chi connectivity index (χ2v) is 9.73. The maximum atomic E-state index is 13.1. The second kappa shape index (κ2) is 6.90. The number of H-pyrrole nitrogens is 1. The van der Waals surface area contributed by atoms with Crippen LogP contribution in [0.25, 0.3) is 10.2 Å². The number of nitrogens with one attached hydrogen (secondary N) is 2. The van der Waals surface area contributed by atoms with Crippen molar-refractivity contribution < 1.29 is 13.2 Å². The summed E-state index contributed by atoms with van der Waals surface area (Å²) in [4.78, 5) is 22.5. The average molecular weight is 432 g/mol. The van der Waals surface area contributed by atoms with Gasteiger partial charge in [-0.1, -0.05) is 0 Å². The highest BCUT2D eigenvalue weighted by atomic mass is 32.2. The predicted octanol–water partition coefficient (Wildman–Crippen LogP) is 0.941. The molecule has 0 atom stereocenters. The molecule has 2 amide bonds. The average Bonchev–Trinajstić information content (AvgIpc) is 3.48. The Bertz CT molecular complexity index is 1200. The van der Waals surface area contributed by atoms with Gasteiger partial charge in [-0.2, -0.15) is 9.40 Å². The van der Waals surface area contributed by atoms with Gasteiger partial charge in [0.2, 0.25) is 10.0 Å². The lowest BCUT2D eigenvalue weighted by Crippen LogP contribution is -2.41. The molecule has 0 aliphatic carbocycles. The Labute approximate surface area is 170 Å². The molecular weight excluding hydrogens is 414 g/mol. The molecular formula is C17H17N7O3S2. The van der Waals surface area contributed by atoms with Crippen molar-refractivity contribution in [1.82, 2.24) is 34.7 Å². The van der Waals surface area contributed by atoms with Gasteiger partial charge >= 0.3 is 6.03 Å². The molecule has 2 N–H and O–H groups in total. The van der Waals surface area contributed by atoms with Gasteiger partial charge in [0.25, 0.3) is 0 Å². The number of sulfonamides is 1. The van der Waals surface area contributed by atoms with Crippen LogP contribution < -0.4 is 5.32 Å². The van der Waals surface area contributed by atoms with Crippen LogP contribution in [-0.4, -0.2) is 70.0 Å². The van der Waals surface area contributed by atoms with Crippen LogP contribution in [0.3, 0.4) is 0 Å². The van der Waals surface area contributed by atoms with E-state index in [1.807, 2.05) is 0 Å². The van der Waals surface area contributed by atoms with Crippen molar-refractivity contribution in [3.63, 3.8) is 0 Å². The van der Waals surface area contributed by atoms with Crippen molar-refractivity contribution in [2.75, 3.05) is 26.2 Å². The monoisotopic (exact) mass is 431 g/mol. The van der Waals surface area contributed by atoms with Gasteiger partial charge in [-0.15, -0.1) is 11.3 Å². The Balaban J connectivity index is 1.23. The number of hydrogen-bond donors (Lipinski definition) is 2. The highest BCUT2D eigenvalue weighted by molar-refractivity contribution is 7.89. The molecule has 2 aliphatic heterocycles. The minimum atomic E-state index is -3.60. The maximum Gasteiger partial charge on any atom is 0.318 e. The van der Waals surface area contributed by atoms with Crippen LogP contribution in [0.2, 0.25) is 0 Å². The SMILES string of the molecule is O=C(NCc1ncn[nH]1)N1CC2=C(C1)CN(S(=O)(=O)c1ccc3ncsc3c1)C2. The van der Waals surface area contributed by atoms with Crippen LogP contribution in [0, 0.1) is 0 Å². The van der Waals surface area contributed by atoms with Crippen molar-refractivity contribution in [3.05, 3.63) is 47.0 Å². The number of urea groups is 1. The van der Waals surface area contributed by atoms with Gasteiger partial charge in [-0.05, 0) is 29.3 Å². The molecule has 12 heteroatoms. The zero-order valence-corrected chi connectivity index (χ0v) is 16.8. The minimum Gasteiger partial charge on any atom is -0.331 e. The smallest absolute Gasteiger partial charge is 0.318 e.